The highest BCUT2D eigenvalue weighted by Gasteiger charge is 2.09. The van der Waals surface area contributed by atoms with Crippen molar-refractivity contribution in [3.8, 4) is 0 Å². The third kappa shape index (κ3) is 5.58. The maximum absolute atomic E-state index is 11.7. The van der Waals surface area contributed by atoms with Crippen LogP contribution < -0.4 is 5.32 Å². The SMILES string of the molecule is Cc1ccc(CC(=O)OCC(=O)NCc2ccccc2C)cc1. The number of hydrogen-bond donors (Lipinski definition) is 1. The van der Waals surface area contributed by atoms with Gasteiger partial charge in [0.05, 0.1) is 6.42 Å². The number of aryl methyl sites for hydroxylation is 2. The van der Waals surface area contributed by atoms with Gasteiger partial charge in [-0.1, -0.05) is 54.1 Å². The molecular weight excluding hydrogens is 290 g/mol. The normalized spacial score (nSPS) is 10.2. The molecule has 2 aromatic carbocycles. The van der Waals surface area contributed by atoms with Crippen LogP contribution in [0.25, 0.3) is 0 Å². The minimum Gasteiger partial charge on any atom is -0.455 e. The predicted octanol–water partition coefficient (Wildman–Crippen LogP) is 2.71. The highest BCUT2D eigenvalue weighted by molar-refractivity contribution is 5.81. The molecule has 1 N–H and O–H groups in total. The molecule has 0 aliphatic carbocycles. The van der Waals surface area contributed by atoms with E-state index in [9.17, 15) is 9.59 Å². The summed E-state index contributed by atoms with van der Waals surface area (Å²) in [6.45, 7) is 4.15. The second-order valence-electron chi connectivity index (χ2n) is 5.53. The Morgan fingerprint density at radius 1 is 1.00 bits per heavy atom. The molecule has 0 heterocycles. The fraction of sp³-hybridized carbons (Fsp3) is 0.263. The van der Waals surface area contributed by atoms with Crippen LogP contribution in [0.5, 0.6) is 0 Å². The zero-order valence-electron chi connectivity index (χ0n) is 13.5. The van der Waals surface area contributed by atoms with Crippen LogP contribution in [0.3, 0.4) is 0 Å². The van der Waals surface area contributed by atoms with E-state index in [2.05, 4.69) is 5.32 Å². The number of nitrogens with one attached hydrogen (secondary N) is 1. The maximum Gasteiger partial charge on any atom is 0.310 e. The lowest BCUT2D eigenvalue weighted by Gasteiger charge is -2.08. The molecule has 2 rings (SSSR count). The Kier molecular flexibility index (Phi) is 5.92. The number of carbonyl (C=O) groups is 2. The number of ether oxygens (including phenoxy) is 1. The Bertz CT molecular complexity index is 677. The Labute approximate surface area is 136 Å². The van der Waals surface area contributed by atoms with Crippen LogP contribution in [0.4, 0.5) is 0 Å². The highest BCUT2D eigenvalue weighted by Crippen LogP contribution is 2.06. The van der Waals surface area contributed by atoms with Crippen LogP contribution in [0.1, 0.15) is 22.3 Å². The third-order valence-corrected chi connectivity index (χ3v) is 3.57. The summed E-state index contributed by atoms with van der Waals surface area (Å²) in [5.41, 5.74) is 4.18. The zero-order chi connectivity index (χ0) is 16.7. The number of carbonyl (C=O) groups excluding carboxylic acids is 2. The molecule has 0 saturated heterocycles. The van der Waals surface area contributed by atoms with E-state index in [1.54, 1.807) is 0 Å². The fourth-order valence-corrected chi connectivity index (χ4v) is 2.12. The van der Waals surface area contributed by atoms with Crippen LogP contribution in [0.15, 0.2) is 48.5 Å². The van der Waals surface area contributed by atoms with E-state index in [1.807, 2.05) is 62.4 Å². The van der Waals surface area contributed by atoms with Crippen molar-refractivity contribution in [1.29, 1.82) is 0 Å². The van der Waals surface area contributed by atoms with Crippen molar-refractivity contribution in [2.75, 3.05) is 6.61 Å². The molecule has 1 amide bonds. The maximum atomic E-state index is 11.7. The highest BCUT2D eigenvalue weighted by atomic mass is 16.5. The molecule has 2 aromatic rings. The summed E-state index contributed by atoms with van der Waals surface area (Å²) in [6.07, 6.45) is 0.172. The molecule has 4 nitrogen and oxygen atoms in total. The predicted molar refractivity (Wildman–Crippen MR) is 88.9 cm³/mol. The van der Waals surface area contributed by atoms with Gasteiger partial charge >= 0.3 is 5.97 Å². The van der Waals surface area contributed by atoms with Gasteiger partial charge in [0.1, 0.15) is 0 Å². The zero-order valence-corrected chi connectivity index (χ0v) is 13.5. The number of benzene rings is 2. The molecule has 0 aliphatic rings. The van der Waals surface area contributed by atoms with Crippen molar-refractivity contribution >= 4 is 11.9 Å². The quantitative estimate of drug-likeness (QED) is 0.835. The van der Waals surface area contributed by atoms with E-state index in [-0.39, 0.29) is 18.9 Å². The van der Waals surface area contributed by atoms with Crippen LogP contribution >= 0.6 is 0 Å². The van der Waals surface area contributed by atoms with E-state index in [0.717, 1.165) is 22.3 Å². The Hall–Kier alpha value is -2.62. The molecule has 23 heavy (non-hydrogen) atoms. The summed E-state index contributed by atoms with van der Waals surface area (Å²) in [5, 5.41) is 2.75. The number of hydrogen-bond acceptors (Lipinski definition) is 3. The minimum atomic E-state index is -0.403. The molecule has 0 spiro atoms. The molecule has 0 bridgehead atoms. The smallest absolute Gasteiger partial charge is 0.310 e. The first kappa shape index (κ1) is 16.7. The summed E-state index contributed by atoms with van der Waals surface area (Å²) in [4.78, 5) is 23.5. The van der Waals surface area contributed by atoms with Gasteiger partial charge in [-0.05, 0) is 30.5 Å². The lowest BCUT2D eigenvalue weighted by molar-refractivity contribution is -0.147. The van der Waals surface area contributed by atoms with Crippen molar-refractivity contribution in [1.82, 2.24) is 5.32 Å². The molecule has 0 atom stereocenters. The molecule has 0 fully saturated rings. The lowest BCUT2D eigenvalue weighted by atomic mass is 10.1. The van der Waals surface area contributed by atoms with Crippen molar-refractivity contribution < 1.29 is 14.3 Å². The second kappa shape index (κ2) is 8.13. The van der Waals surface area contributed by atoms with Crippen LogP contribution in [0, 0.1) is 13.8 Å². The van der Waals surface area contributed by atoms with E-state index < -0.39 is 5.97 Å². The number of esters is 1. The van der Waals surface area contributed by atoms with Crippen LogP contribution in [-0.2, 0) is 27.3 Å². The molecule has 0 saturated carbocycles. The van der Waals surface area contributed by atoms with Crippen molar-refractivity contribution in [3.05, 3.63) is 70.8 Å². The van der Waals surface area contributed by atoms with Gasteiger partial charge in [-0.3, -0.25) is 9.59 Å². The van der Waals surface area contributed by atoms with Gasteiger partial charge in [0, 0.05) is 6.54 Å². The average Bonchev–Trinajstić information content (AvgIpc) is 2.54. The molecule has 120 valence electrons. The second-order valence-corrected chi connectivity index (χ2v) is 5.53. The average molecular weight is 311 g/mol. The summed E-state index contributed by atoms with van der Waals surface area (Å²) in [7, 11) is 0. The van der Waals surface area contributed by atoms with E-state index in [0.29, 0.717) is 6.54 Å². The van der Waals surface area contributed by atoms with E-state index in [4.69, 9.17) is 4.74 Å². The molecular formula is C19H21NO3. The Morgan fingerprint density at radius 2 is 1.70 bits per heavy atom. The van der Waals surface area contributed by atoms with Gasteiger partial charge in [-0.2, -0.15) is 0 Å². The minimum absolute atomic E-state index is 0.172. The van der Waals surface area contributed by atoms with Gasteiger partial charge in [0.2, 0.25) is 0 Å². The monoisotopic (exact) mass is 311 g/mol. The van der Waals surface area contributed by atoms with Gasteiger partial charge < -0.3 is 10.1 Å². The van der Waals surface area contributed by atoms with Gasteiger partial charge in [0.25, 0.3) is 5.91 Å². The standard InChI is InChI=1S/C19H21NO3/c1-14-7-9-16(10-8-14)11-19(22)23-13-18(21)20-12-17-6-4-3-5-15(17)2/h3-10H,11-13H2,1-2H3,(H,20,21). The molecule has 0 aliphatic heterocycles. The molecule has 0 aromatic heterocycles. The number of amides is 1. The van der Waals surface area contributed by atoms with Gasteiger partial charge in [-0.15, -0.1) is 0 Å². The first-order valence-corrected chi connectivity index (χ1v) is 7.57. The molecule has 4 heteroatoms. The van der Waals surface area contributed by atoms with Gasteiger partial charge in [-0.25, -0.2) is 0 Å². The van der Waals surface area contributed by atoms with Crippen LogP contribution in [-0.4, -0.2) is 18.5 Å². The fourth-order valence-electron chi connectivity index (χ4n) is 2.12. The van der Waals surface area contributed by atoms with E-state index in [1.165, 1.54) is 0 Å². The largest absolute Gasteiger partial charge is 0.455 e. The summed E-state index contributed by atoms with van der Waals surface area (Å²) in [5.74, 6) is -0.703. The summed E-state index contributed by atoms with van der Waals surface area (Å²) >= 11 is 0. The number of rotatable bonds is 6. The molecule has 0 unspecified atom stereocenters. The van der Waals surface area contributed by atoms with Crippen LogP contribution in [0.2, 0.25) is 0 Å². The first-order chi connectivity index (χ1) is 11.0. The Balaban J connectivity index is 1.72. The van der Waals surface area contributed by atoms with E-state index >= 15 is 0 Å². The summed E-state index contributed by atoms with van der Waals surface area (Å²) < 4.78 is 5.01. The first-order valence-electron chi connectivity index (χ1n) is 7.57. The molecule has 0 radical (unpaired) electrons. The Morgan fingerprint density at radius 3 is 2.39 bits per heavy atom. The lowest BCUT2D eigenvalue weighted by Crippen LogP contribution is -2.28. The van der Waals surface area contributed by atoms with Gasteiger partial charge in [0.15, 0.2) is 6.61 Å². The van der Waals surface area contributed by atoms with Crippen molar-refractivity contribution in [3.63, 3.8) is 0 Å². The topological polar surface area (TPSA) is 55.4 Å². The summed E-state index contributed by atoms with van der Waals surface area (Å²) in [6, 6.07) is 15.5. The third-order valence-electron chi connectivity index (χ3n) is 3.57. The van der Waals surface area contributed by atoms with Crippen molar-refractivity contribution in [2.24, 2.45) is 0 Å². The van der Waals surface area contributed by atoms with Crippen molar-refractivity contribution in [2.45, 2.75) is 26.8 Å².